The number of unbranched alkanes of at least 4 members (excludes halogenated alkanes) is 4. The van der Waals surface area contributed by atoms with E-state index in [0.717, 1.165) is 43.3 Å². The van der Waals surface area contributed by atoms with Crippen LogP contribution < -0.4 is 14.8 Å². The third-order valence-corrected chi connectivity index (χ3v) is 8.05. The Balaban J connectivity index is 2.12. The van der Waals surface area contributed by atoms with Crippen LogP contribution in [-0.4, -0.2) is 56.8 Å². The first-order valence-corrected chi connectivity index (χ1v) is 16.4. The molecular weight excluding hydrogens is 544 g/mol. The van der Waals surface area contributed by atoms with Crippen LogP contribution in [0.3, 0.4) is 0 Å². The van der Waals surface area contributed by atoms with E-state index in [1.165, 1.54) is 7.11 Å². The van der Waals surface area contributed by atoms with Gasteiger partial charge in [-0.3, -0.25) is 19.3 Å². The summed E-state index contributed by atoms with van der Waals surface area (Å²) in [5.74, 6) is -1.08. The predicted molar refractivity (Wildman–Crippen MR) is 160 cm³/mol. The van der Waals surface area contributed by atoms with Crippen molar-refractivity contribution < 1.29 is 32.3 Å². The van der Waals surface area contributed by atoms with Crippen LogP contribution in [0.2, 0.25) is 0 Å². The first-order valence-electron chi connectivity index (χ1n) is 14.4. The summed E-state index contributed by atoms with van der Waals surface area (Å²) < 4.78 is 36.3. The molecule has 1 N–H and O–H groups in total. The van der Waals surface area contributed by atoms with E-state index in [2.05, 4.69) is 12.2 Å². The van der Waals surface area contributed by atoms with Gasteiger partial charge in [-0.25, -0.2) is 8.42 Å². The lowest BCUT2D eigenvalue weighted by Crippen LogP contribution is -2.38. The van der Waals surface area contributed by atoms with Crippen LogP contribution in [0, 0.1) is 0 Å². The van der Waals surface area contributed by atoms with E-state index in [1.54, 1.807) is 30.3 Å². The van der Waals surface area contributed by atoms with Gasteiger partial charge in [0.2, 0.25) is 5.91 Å². The summed E-state index contributed by atoms with van der Waals surface area (Å²) in [6.07, 6.45) is 7.33. The lowest BCUT2D eigenvalue weighted by molar-refractivity contribution is -0.116. The van der Waals surface area contributed by atoms with Gasteiger partial charge in [0, 0.05) is 12.7 Å². The Morgan fingerprint density at radius 1 is 0.927 bits per heavy atom. The Labute approximate surface area is 243 Å². The van der Waals surface area contributed by atoms with Crippen LogP contribution in [0.1, 0.15) is 104 Å². The fourth-order valence-electron chi connectivity index (χ4n) is 5.13. The normalized spacial score (nSPS) is 13.7. The summed E-state index contributed by atoms with van der Waals surface area (Å²) in [7, 11) is -2.15. The minimum Gasteiger partial charge on any atom is -0.493 e. The van der Waals surface area contributed by atoms with E-state index in [-0.39, 0.29) is 22.7 Å². The average Bonchev–Trinajstić information content (AvgIpc) is 3.18. The third kappa shape index (κ3) is 7.87. The number of hydrogen-bond acceptors (Lipinski definition) is 7. The van der Waals surface area contributed by atoms with Crippen molar-refractivity contribution in [1.82, 2.24) is 4.90 Å². The maximum atomic E-state index is 14.1. The van der Waals surface area contributed by atoms with Gasteiger partial charge >= 0.3 is 0 Å². The molecule has 0 aromatic heterocycles. The van der Waals surface area contributed by atoms with E-state index in [4.69, 9.17) is 9.47 Å². The second-order valence-electron chi connectivity index (χ2n) is 10.4. The Bertz CT molecular complexity index is 1370. The molecule has 1 aliphatic rings. The number of amides is 3. The zero-order valence-corrected chi connectivity index (χ0v) is 25.6. The quantitative estimate of drug-likeness (QED) is 0.197. The molecule has 0 fully saturated rings. The van der Waals surface area contributed by atoms with E-state index in [9.17, 15) is 22.8 Å². The summed E-state index contributed by atoms with van der Waals surface area (Å²) in [5, 5.41) is 2.84. The summed E-state index contributed by atoms with van der Waals surface area (Å²) in [6, 6.07) is 7.24. The lowest BCUT2D eigenvalue weighted by Gasteiger charge is -2.27. The van der Waals surface area contributed by atoms with Gasteiger partial charge in [0.1, 0.15) is 9.84 Å². The molecule has 0 unspecified atom stereocenters. The number of hydrogen-bond donors (Lipinski definition) is 1. The molecule has 3 rings (SSSR count). The van der Waals surface area contributed by atoms with Gasteiger partial charge in [-0.2, -0.15) is 0 Å². The minimum absolute atomic E-state index is 0.116. The summed E-state index contributed by atoms with van der Waals surface area (Å²) in [6.45, 7) is 6.28. The van der Waals surface area contributed by atoms with Crippen molar-refractivity contribution in [3.8, 4) is 11.5 Å². The van der Waals surface area contributed by atoms with Crippen LogP contribution in [0.5, 0.6) is 11.5 Å². The molecule has 0 spiro atoms. The highest BCUT2D eigenvalue weighted by molar-refractivity contribution is 7.90. The number of anilines is 1. The maximum absolute atomic E-state index is 14.1. The van der Waals surface area contributed by atoms with Gasteiger partial charge in [0.15, 0.2) is 11.5 Å². The molecule has 224 valence electrons. The number of imide groups is 1. The number of methoxy groups -OCH3 is 1. The highest BCUT2D eigenvalue weighted by atomic mass is 32.2. The summed E-state index contributed by atoms with van der Waals surface area (Å²) in [5.41, 5.74) is 1.75. The first-order chi connectivity index (χ1) is 19.6. The lowest BCUT2D eigenvalue weighted by atomic mass is 9.96. The number of nitrogens with zero attached hydrogens (tertiary/aromatic N) is 1. The molecule has 0 radical (unpaired) electrons. The fraction of sp³-hybridized carbons (Fsp3) is 0.516. The standard InChI is InChI=1S/C31H42N2O7S/c1-6-9-11-13-21-15-17-23(32-27(34)14-12-10-7-2)29-28(21)30(35)33(31(29)36)24(20-41(5,37)38)22-16-18-25(39-4)26(19-22)40-8-3/h15-19,24H,6-14,20H2,1-5H3,(H,32,34)/t24-/m1/s1. The van der Waals surface area contributed by atoms with Crippen molar-refractivity contribution in [2.45, 2.75) is 78.2 Å². The second-order valence-corrected chi connectivity index (χ2v) is 12.6. The molecule has 10 heteroatoms. The topological polar surface area (TPSA) is 119 Å². The van der Waals surface area contributed by atoms with Crippen LogP contribution in [0.4, 0.5) is 5.69 Å². The molecular formula is C31H42N2O7S. The number of sulfone groups is 1. The highest BCUT2D eigenvalue weighted by Gasteiger charge is 2.44. The number of rotatable bonds is 16. The number of ether oxygens (including phenoxy) is 2. The largest absolute Gasteiger partial charge is 0.493 e. The fourth-order valence-corrected chi connectivity index (χ4v) is 6.05. The SMILES string of the molecule is CCCCCC(=O)Nc1ccc(CCCCC)c2c1C(=O)N([C@H](CS(C)(=O)=O)c1ccc(OC)c(OCC)c1)C2=O. The smallest absolute Gasteiger partial charge is 0.264 e. The first kappa shape index (κ1) is 32.1. The van der Waals surface area contributed by atoms with Gasteiger partial charge in [0.25, 0.3) is 11.8 Å². The predicted octanol–water partition coefficient (Wildman–Crippen LogP) is 5.73. The molecule has 0 bridgehead atoms. The average molecular weight is 587 g/mol. The molecule has 0 saturated heterocycles. The Kier molecular flexibility index (Phi) is 11.3. The van der Waals surface area contributed by atoms with E-state index in [1.807, 2.05) is 13.8 Å². The zero-order valence-electron chi connectivity index (χ0n) is 24.7. The minimum atomic E-state index is -3.64. The van der Waals surface area contributed by atoms with Crippen LogP contribution in [-0.2, 0) is 21.1 Å². The summed E-state index contributed by atoms with van der Waals surface area (Å²) in [4.78, 5) is 41.9. The van der Waals surface area contributed by atoms with E-state index in [0.29, 0.717) is 48.5 Å². The number of carbonyl (C=O) groups excluding carboxylic acids is 3. The van der Waals surface area contributed by atoms with Gasteiger partial charge in [-0.15, -0.1) is 0 Å². The third-order valence-electron chi connectivity index (χ3n) is 7.13. The Hall–Kier alpha value is -3.40. The van der Waals surface area contributed by atoms with Crippen molar-refractivity contribution in [2.75, 3.05) is 31.0 Å². The van der Waals surface area contributed by atoms with Crippen molar-refractivity contribution in [2.24, 2.45) is 0 Å². The monoisotopic (exact) mass is 586 g/mol. The number of carbonyl (C=O) groups is 3. The van der Waals surface area contributed by atoms with Gasteiger partial charge < -0.3 is 14.8 Å². The molecule has 1 aliphatic heterocycles. The molecule has 3 amide bonds. The second kappa shape index (κ2) is 14.5. The van der Waals surface area contributed by atoms with Crippen molar-refractivity contribution >= 4 is 33.2 Å². The number of aryl methyl sites for hydroxylation is 1. The highest BCUT2D eigenvalue weighted by Crippen LogP contribution is 2.40. The summed E-state index contributed by atoms with van der Waals surface area (Å²) >= 11 is 0. The molecule has 1 heterocycles. The van der Waals surface area contributed by atoms with Crippen molar-refractivity contribution in [3.05, 3.63) is 52.6 Å². The number of nitrogens with one attached hydrogen (secondary N) is 1. The molecule has 2 aromatic carbocycles. The van der Waals surface area contributed by atoms with Gasteiger partial charge in [0.05, 0.1) is 42.3 Å². The Morgan fingerprint density at radius 3 is 2.24 bits per heavy atom. The molecule has 0 aliphatic carbocycles. The van der Waals surface area contributed by atoms with Crippen LogP contribution in [0.25, 0.3) is 0 Å². The maximum Gasteiger partial charge on any atom is 0.264 e. The van der Waals surface area contributed by atoms with Crippen molar-refractivity contribution in [3.63, 3.8) is 0 Å². The van der Waals surface area contributed by atoms with Crippen LogP contribution >= 0.6 is 0 Å². The molecule has 1 atom stereocenters. The molecule has 9 nitrogen and oxygen atoms in total. The molecule has 0 saturated carbocycles. The number of fused-ring (bicyclic) bond motifs is 1. The number of benzene rings is 2. The zero-order chi connectivity index (χ0) is 30.2. The molecule has 2 aromatic rings. The van der Waals surface area contributed by atoms with Gasteiger partial charge in [-0.05, 0) is 55.5 Å². The van der Waals surface area contributed by atoms with Gasteiger partial charge in [-0.1, -0.05) is 51.7 Å². The van der Waals surface area contributed by atoms with E-state index < -0.39 is 33.4 Å². The van der Waals surface area contributed by atoms with Crippen LogP contribution in [0.15, 0.2) is 30.3 Å². The molecule has 41 heavy (non-hydrogen) atoms. The van der Waals surface area contributed by atoms with Crippen molar-refractivity contribution in [1.29, 1.82) is 0 Å². The van der Waals surface area contributed by atoms with E-state index >= 15 is 0 Å². The Morgan fingerprint density at radius 2 is 1.61 bits per heavy atom.